The van der Waals surface area contributed by atoms with Crippen molar-refractivity contribution in [1.82, 2.24) is 9.78 Å². The molecule has 0 saturated carbocycles. The molecule has 4 rings (SSSR count). The van der Waals surface area contributed by atoms with E-state index in [1.54, 1.807) is 18.0 Å². The van der Waals surface area contributed by atoms with Crippen LogP contribution in [0.4, 0.5) is 5.00 Å². The van der Waals surface area contributed by atoms with Gasteiger partial charge in [0.15, 0.2) is 0 Å². The first-order valence-electron chi connectivity index (χ1n) is 14.6. The highest BCUT2D eigenvalue weighted by Crippen LogP contribution is 2.40. The minimum Gasteiger partial charge on any atom is -0.379 e. The van der Waals surface area contributed by atoms with Gasteiger partial charge in [0.2, 0.25) is 0 Å². The van der Waals surface area contributed by atoms with Crippen molar-refractivity contribution in [2.75, 3.05) is 57.8 Å². The van der Waals surface area contributed by atoms with Crippen LogP contribution in [-0.4, -0.2) is 86.1 Å². The molecule has 234 valence electrons. The van der Waals surface area contributed by atoms with E-state index in [1.165, 1.54) is 11.3 Å². The van der Waals surface area contributed by atoms with Crippen LogP contribution in [0.1, 0.15) is 47.9 Å². The Labute approximate surface area is 268 Å². The second kappa shape index (κ2) is 16.6. The average molecular weight is 639 g/mol. The van der Waals surface area contributed by atoms with Crippen LogP contribution in [-0.2, 0) is 25.5 Å². The van der Waals surface area contributed by atoms with E-state index in [-0.39, 0.29) is 11.7 Å². The molecule has 2 aromatic heterocycles. The van der Waals surface area contributed by atoms with Crippen LogP contribution in [0.25, 0.3) is 0 Å². The van der Waals surface area contributed by atoms with Crippen LogP contribution >= 0.6 is 22.9 Å². The Kier molecular flexibility index (Phi) is 12.7. The molecule has 0 aliphatic carbocycles. The molecule has 1 aliphatic heterocycles. The molecule has 0 amide bonds. The molecule has 0 bridgehead atoms. The van der Waals surface area contributed by atoms with E-state index < -0.39 is 6.04 Å². The Hall–Kier alpha value is -3.37. The Bertz CT molecular complexity index is 1520. The molecule has 0 unspecified atom stereocenters. The van der Waals surface area contributed by atoms with Crippen LogP contribution < -0.4 is 4.90 Å². The highest BCUT2D eigenvalue weighted by atomic mass is 35.5. The molecule has 2 N–H and O–H groups in total. The van der Waals surface area contributed by atoms with E-state index in [1.807, 2.05) is 55.9 Å². The van der Waals surface area contributed by atoms with Gasteiger partial charge in [0.1, 0.15) is 22.7 Å². The molecule has 0 spiro atoms. The van der Waals surface area contributed by atoms with E-state index in [2.05, 4.69) is 16.9 Å². The third kappa shape index (κ3) is 8.85. The third-order valence-corrected chi connectivity index (χ3v) is 8.16. The highest BCUT2D eigenvalue weighted by molar-refractivity contribution is 7.17. The lowest BCUT2D eigenvalue weighted by molar-refractivity contribution is -0.00147. The van der Waals surface area contributed by atoms with Gasteiger partial charge in [-0.15, -0.1) is 11.3 Å². The number of amidine groups is 2. The number of aliphatic imine (C=N–C) groups is 1. The number of thiophene rings is 1. The van der Waals surface area contributed by atoms with E-state index >= 15 is 0 Å². The minimum absolute atomic E-state index is 0.251. The standard InChI is InChI=1S/C32H39ClN6O4S/c1-5-40-14-15-42-18-19-43-17-16-41-13-12-38-21-25(20-36-38)6-11-28-22(2)29-30(26-7-9-27(33)10-8-26)37-23(3)31(35)39(24(4)34)32(29)44-28/h7-10,20-21,23,34-35H,5,12-19H2,1-4H3/t23-/m0/s1. The number of halogens is 1. The molecule has 10 nitrogen and oxygen atoms in total. The van der Waals surface area contributed by atoms with Gasteiger partial charge in [-0.1, -0.05) is 35.6 Å². The second-order valence-corrected chi connectivity index (χ2v) is 11.4. The summed E-state index contributed by atoms with van der Waals surface area (Å²) in [5, 5.41) is 23.1. The van der Waals surface area contributed by atoms with Gasteiger partial charge in [-0.25, -0.2) is 0 Å². The summed E-state index contributed by atoms with van der Waals surface area (Å²) in [6, 6.07) is 7.11. The highest BCUT2D eigenvalue weighted by Gasteiger charge is 2.32. The SMILES string of the molecule is CCOCCOCCOCCOCCn1cc(C#Cc2sc3c(c2C)C(c2ccc(Cl)cc2)=N[C@@H](C)C(=N)N3C(C)=N)cn1. The topological polar surface area (TPSA) is 118 Å². The van der Waals surface area contributed by atoms with Gasteiger partial charge in [0, 0.05) is 29.0 Å². The van der Waals surface area contributed by atoms with Gasteiger partial charge in [-0.05, 0) is 45.4 Å². The van der Waals surface area contributed by atoms with Crippen LogP contribution in [0.15, 0.2) is 41.7 Å². The van der Waals surface area contributed by atoms with Gasteiger partial charge >= 0.3 is 0 Å². The maximum Gasteiger partial charge on any atom is 0.132 e. The fraction of sp³-hybridized carbons (Fsp3) is 0.438. The minimum atomic E-state index is -0.424. The Morgan fingerprint density at radius 2 is 1.64 bits per heavy atom. The number of benzene rings is 1. The first-order chi connectivity index (χ1) is 21.3. The van der Waals surface area contributed by atoms with Crippen molar-refractivity contribution in [3.05, 3.63) is 68.8 Å². The van der Waals surface area contributed by atoms with Crippen molar-refractivity contribution in [3.8, 4) is 11.8 Å². The smallest absolute Gasteiger partial charge is 0.132 e. The first kappa shape index (κ1) is 33.5. The van der Waals surface area contributed by atoms with Crippen molar-refractivity contribution in [3.63, 3.8) is 0 Å². The number of nitrogens with zero attached hydrogens (tertiary/aromatic N) is 4. The zero-order chi connectivity index (χ0) is 31.5. The lowest BCUT2D eigenvalue weighted by Crippen LogP contribution is -2.38. The van der Waals surface area contributed by atoms with Crippen molar-refractivity contribution in [2.24, 2.45) is 4.99 Å². The van der Waals surface area contributed by atoms with Crippen molar-refractivity contribution in [2.45, 2.75) is 40.3 Å². The third-order valence-electron chi connectivity index (χ3n) is 6.72. The number of fused-ring (bicyclic) bond motifs is 1. The number of anilines is 1. The van der Waals surface area contributed by atoms with Gasteiger partial charge < -0.3 is 18.9 Å². The molecule has 0 saturated heterocycles. The molecule has 1 atom stereocenters. The zero-order valence-electron chi connectivity index (χ0n) is 25.6. The van der Waals surface area contributed by atoms with Crippen LogP contribution in [0, 0.1) is 29.6 Å². The van der Waals surface area contributed by atoms with E-state index in [0.29, 0.717) is 64.4 Å². The van der Waals surface area contributed by atoms with Crippen LogP contribution in [0.5, 0.6) is 0 Å². The monoisotopic (exact) mass is 638 g/mol. The lowest BCUT2D eigenvalue weighted by Gasteiger charge is -2.23. The Morgan fingerprint density at radius 1 is 1.00 bits per heavy atom. The average Bonchev–Trinajstić information content (AvgIpc) is 3.56. The number of ether oxygens (including phenoxy) is 4. The van der Waals surface area contributed by atoms with Gasteiger partial charge in [0.05, 0.1) is 75.1 Å². The zero-order valence-corrected chi connectivity index (χ0v) is 27.2. The predicted molar refractivity (Wildman–Crippen MR) is 176 cm³/mol. The van der Waals surface area contributed by atoms with Crippen LogP contribution in [0.3, 0.4) is 0 Å². The molecule has 0 fully saturated rings. The number of hydrogen-bond acceptors (Lipinski definition) is 9. The van der Waals surface area contributed by atoms with E-state index in [0.717, 1.165) is 37.8 Å². The summed E-state index contributed by atoms with van der Waals surface area (Å²) in [5.41, 5.74) is 4.29. The molecular weight excluding hydrogens is 600 g/mol. The summed E-state index contributed by atoms with van der Waals surface area (Å²) in [6.07, 6.45) is 3.63. The fourth-order valence-electron chi connectivity index (χ4n) is 4.47. The maximum absolute atomic E-state index is 8.79. The second-order valence-electron chi connectivity index (χ2n) is 9.98. The van der Waals surface area contributed by atoms with Gasteiger partial charge in [-0.3, -0.25) is 25.4 Å². The summed E-state index contributed by atoms with van der Waals surface area (Å²) in [7, 11) is 0. The molecule has 12 heteroatoms. The summed E-state index contributed by atoms with van der Waals surface area (Å²) >= 11 is 7.63. The number of rotatable bonds is 14. The molecule has 3 aromatic rings. The molecule has 0 radical (unpaired) electrons. The normalized spacial score (nSPS) is 14.6. The molecule has 1 aromatic carbocycles. The van der Waals surface area contributed by atoms with Crippen LogP contribution in [0.2, 0.25) is 5.02 Å². The fourth-order valence-corrected chi connectivity index (χ4v) is 5.83. The van der Waals surface area contributed by atoms with Crippen molar-refractivity contribution in [1.29, 1.82) is 10.8 Å². The number of nitrogens with one attached hydrogen (secondary N) is 2. The summed E-state index contributed by atoms with van der Waals surface area (Å²) in [6.45, 7) is 12.6. The lowest BCUT2D eigenvalue weighted by atomic mass is 9.99. The van der Waals surface area contributed by atoms with E-state index in [9.17, 15) is 0 Å². The molecule has 44 heavy (non-hydrogen) atoms. The molecular formula is C32H39ClN6O4S. The summed E-state index contributed by atoms with van der Waals surface area (Å²) < 4.78 is 23.6. The molecule has 1 aliphatic rings. The van der Waals surface area contributed by atoms with Crippen molar-refractivity contribution < 1.29 is 18.9 Å². The Balaban J connectivity index is 1.38. The first-order valence-corrected chi connectivity index (χ1v) is 15.8. The Morgan fingerprint density at radius 3 is 2.27 bits per heavy atom. The van der Waals surface area contributed by atoms with Crippen molar-refractivity contribution >= 4 is 45.3 Å². The molecule has 3 heterocycles. The quantitative estimate of drug-likeness (QED) is 0.105. The summed E-state index contributed by atoms with van der Waals surface area (Å²) in [4.78, 5) is 7.44. The van der Waals surface area contributed by atoms with Gasteiger partial charge in [-0.2, -0.15) is 5.10 Å². The number of aromatic nitrogens is 2. The maximum atomic E-state index is 8.79. The van der Waals surface area contributed by atoms with Gasteiger partial charge in [0.25, 0.3) is 0 Å². The number of hydrogen-bond donors (Lipinski definition) is 2. The summed E-state index contributed by atoms with van der Waals surface area (Å²) in [5.74, 6) is 7.05. The predicted octanol–water partition coefficient (Wildman–Crippen LogP) is 5.41. The largest absolute Gasteiger partial charge is 0.379 e. The van der Waals surface area contributed by atoms with E-state index in [4.69, 9.17) is 46.4 Å².